The minimum atomic E-state index is -0.262. The van der Waals surface area contributed by atoms with E-state index in [1.807, 2.05) is 55.5 Å². The van der Waals surface area contributed by atoms with E-state index in [4.69, 9.17) is 16.3 Å². The Kier molecular flexibility index (Phi) is 5.68. The summed E-state index contributed by atoms with van der Waals surface area (Å²) in [6, 6.07) is 24.7. The first-order valence-electron chi connectivity index (χ1n) is 9.48. The maximum atomic E-state index is 14.0. The van der Waals surface area contributed by atoms with E-state index < -0.39 is 0 Å². The van der Waals surface area contributed by atoms with Crippen molar-refractivity contribution in [3.63, 3.8) is 0 Å². The molecule has 0 bridgehead atoms. The highest BCUT2D eigenvalue weighted by molar-refractivity contribution is 6.31. The lowest BCUT2D eigenvalue weighted by atomic mass is 10.0. The van der Waals surface area contributed by atoms with Gasteiger partial charge in [-0.1, -0.05) is 66.2 Å². The molecule has 4 heteroatoms. The largest absolute Gasteiger partial charge is 0.488 e. The van der Waals surface area contributed by atoms with Crippen LogP contribution < -0.4 is 10.1 Å². The number of nitrogens with one attached hydrogen (secondary N) is 1. The zero-order chi connectivity index (χ0) is 20.2. The molecule has 29 heavy (non-hydrogen) atoms. The number of halogens is 2. The fourth-order valence-electron chi connectivity index (χ4n) is 3.30. The molecule has 4 aromatic carbocycles. The Hall–Kier alpha value is -3.04. The molecule has 0 aliphatic heterocycles. The van der Waals surface area contributed by atoms with Crippen LogP contribution in [0.5, 0.6) is 5.75 Å². The molecule has 0 amide bonds. The Morgan fingerprint density at radius 2 is 1.72 bits per heavy atom. The van der Waals surface area contributed by atoms with Crippen LogP contribution in [0.4, 0.5) is 10.1 Å². The van der Waals surface area contributed by atoms with E-state index in [9.17, 15) is 4.39 Å². The van der Waals surface area contributed by atoms with Crippen molar-refractivity contribution in [3.05, 3.63) is 106 Å². The highest BCUT2D eigenvalue weighted by Crippen LogP contribution is 2.30. The Morgan fingerprint density at radius 1 is 0.931 bits per heavy atom. The minimum Gasteiger partial charge on any atom is -0.488 e. The minimum absolute atomic E-state index is 0.175. The number of hydrogen-bond donors (Lipinski definition) is 1. The fraction of sp³-hybridized carbons (Fsp3) is 0.120. The zero-order valence-electron chi connectivity index (χ0n) is 16.1. The molecule has 0 unspecified atom stereocenters. The quantitative estimate of drug-likeness (QED) is 0.368. The molecule has 4 rings (SSSR count). The average Bonchev–Trinajstić information content (AvgIpc) is 2.74. The van der Waals surface area contributed by atoms with Gasteiger partial charge in [0.05, 0.1) is 0 Å². The Balaban J connectivity index is 1.63. The van der Waals surface area contributed by atoms with Gasteiger partial charge in [0.15, 0.2) is 0 Å². The standard InChI is InChI=1S/C25H21ClFNO/c1-17-10-12-20(14-23(17)26)28-15-22-21-8-4-2-6-18(21)11-13-25(22)29-16-19-7-3-5-9-24(19)27/h2-14,28H,15-16H2,1H3. The van der Waals surface area contributed by atoms with Crippen LogP contribution in [0.2, 0.25) is 5.02 Å². The fourth-order valence-corrected chi connectivity index (χ4v) is 3.48. The second kappa shape index (κ2) is 8.54. The van der Waals surface area contributed by atoms with E-state index in [-0.39, 0.29) is 12.4 Å². The first kappa shape index (κ1) is 19.3. The van der Waals surface area contributed by atoms with Gasteiger partial charge >= 0.3 is 0 Å². The number of anilines is 1. The molecule has 0 saturated carbocycles. The number of fused-ring (bicyclic) bond motifs is 1. The molecule has 2 nitrogen and oxygen atoms in total. The van der Waals surface area contributed by atoms with E-state index in [1.165, 1.54) is 6.07 Å². The molecule has 4 aromatic rings. The summed E-state index contributed by atoms with van der Waals surface area (Å²) in [5, 5.41) is 6.39. The highest BCUT2D eigenvalue weighted by atomic mass is 35.5. The SMILES string of the molecule is Cc1ccc(NCc2c(OCc3ccccc3F)ccc3ccccc23)cc1Cl. The highest BCUT2D eigenvalue weighted by Gasteiger charge is 2.11. The van der Waals surface area contributed by atoms with Crippen molar-refractivity contribution < 1.29 is 9.13 Å². The molecule has 0 aliphatic carbocycles. The lowest BCUT2D eigenvalue weighted by Gasteiger charge is -2.16. The molecule has 0 fully saturated rings. The Morgan fingerprint density at radius 3 is 2.55 bits per heavy atom. The lowest BCUT2D eigenvalue weighted by molar-refractivity contribution is 0.297. The molecule has 0 aromatic heterocycles. The third kappa shape index (κ3) is 4.36. The monoisotopic (exact) mass is 405 g/mol. The second-order valence-electron chi connectivity index (χ2n) is 6.96. The molecule has 0 radical (unpaired) electrons. The predicted octanol–water partition coefficient (Wildman–Crippen LogP) is 7.13. The second-order valence-corrected chi connectivity index (χ2v) is 7.37. The van der Waals surface area contributed by atoms with Crippen LogP contribution in [0.1, 0.15) is 16.7 Å². The maximum absolute atomic E-state index is 14.0. The van der Waals surface area contributed by atoms with Crippen LogP contribution in [-0.4, -0.2) is 0 Å². The van der Waals surface area contributed by atoms with Crippen LogP contribution in [0.25, 0.3) is 10.8 Å². The molecular weight excluding hydrogens is 385 g/mol. The van der Waals surface area contributed by atoms with Gasteiger partial charge in [-0.3, -0.25) is 0 Å². The summed E-state index contributed by atoms with van der Waals surface area (Å²) in [7, 11) is 0. The lowest BCUT2D eigenvalue weighted by Crippen LogP contribution is -2.05. The topological polar surface area (TPSA) is 21.3 Å². The van der Waals surface area contributed by atoms with E-state index in [1.54, 1.807) is 12.1 Å². The van der Waals surface area contributed by atoms with E-state index in [2.05, 4.69) is 17.4 Å². The Labute approximate surface area is 174 Å². The summed E-state index contributed by atoms with van der Waals surface area (Å²) in [5.41, 5.74) is 3.53. The van der Waals surface area contributed by atoms with Gasteiger partial charge in [-0.2, -0.15) is 0 Å². The zero-order valence-corrected chi connectivity index (χ0v) is 16.8. The Bertz CT molecular complexity index is 1160. The predicted molar refractivity (Wildman–Crippen MR) is 118 cm³/mol. The van der Waals surface area contributed by atoms with Crippen molar-refractivity contribution >= 4 is 28.1 Å². The first-order chi connectivity index (χ1) is 14.1. The molecule has 146 valence electrons. The van der Waals surface area contributed by atoms with E-state index in [0.29, 0.717) is 12.1 Å². The summed E-state index contributed by atoms with van der Waals surface area (Å²) in [4.78, 5) is 0. The van der Waals surface area contributed by atoms with Crippen LogP contribution >= 0.6 is 11.6 Å². The summed E-state index contributed by atoms with van der Waals surface area (Å²) in [6.45, 7) is 2.72. The number of rotatable bonds is 6. The van der Waals surface area contributed by atoms with E-state index >= 15 is 0 Å². The molecule has 1 N–H and O–H groups in total. The van der Waals surface area contributed by atoms with Crippen LogP contribution in [0, 0.1) is 12.7 Å². The third-order valence-corrected chi connectivity index (χ3v) is 5.39. The molecule has 0 aliphatic rings. The molecule has 0 saturated heterocycles. The van der Waals surface area contributed by atoms with Crippen molar-refractivity contribution in [1.82, 2.24) is 0 Å². The normalized spacial score (nSPS) is 10.9. The van der Waals surface area contributed by atoms with Crippen molar-refractivity contribution in [1.29, 1.82) is 0 Å². The maximum Gasteiger partial charge on any atom is 0.129 e. The van der Waals surface area contributed by atoms with Gasteiger partial charge < -0.3 is 10.1 Å². The summed E-state index contributed by atoms with van der Waals surface area (Å²) >= 11 is 6.25. The van der Waals surface area contributed by atoms with Crippen molar-refractivity contribution in [2.45, 2.75) is 20.1 Å². The van der Waals surface area contributed by atoms with Gasteiger partial charge in [0.25, 0.3) is 0 Å². The van der Waals surface area contributed by atoms with Crippen LogP contribution in [0.15, 0.2) is 78.9 Å². The van der Waals surface area contributed by atoms with Gasteiger partial charge in [-0.25, -0.2) is 4.39 Å². The smallest absolute Gasteiger partial charge is 0.129 e. The van der Waals surface area contributed by atoms with Gasteiger partial charge in [0.1, 0.15) is 18.2 Å². The van der Waals surface area contributed by atoms with Crippen molar-refractivity contribution in [2.75, 3.05) is 5.32 Å². The molecular formula is C25H21ClFNO. The van der Waals surface area contributed by atoms with Crippen LogP contribution in [0.3, 0.4) is 0 Å². The molecule has 0 heterocycles. The van der Waals surface area contributed by atoms with Crippen LogP contribution in [-0.2, 0) is 13.2 Å². The van der Waals surface area contributed by atoms with Crippen molar-refractivity contribution in [3.8, 4) is 5.75 Å². The number of hydrogen-bond acceptors (Lipinski definition) is 2. The summed E-state index contributed by atoms with van der Waals surface area (Å²) < 4.78 is 20.0. The van der Waals surface area contributed by atoms with E-state index in [0.717, 1.165) is 38.4 Å². The number of benzene rings is 4. The van der Waals surface area contributed by atoms with Gasteiger partial charge in [-0.15, -0.1) is 0 Å². The van der Waals surface area contributed by atoms with Gasteiger partial charge in [0.2, 0.25) is 0 Å². The first-order valence-corrected chi connectivity index (χ1v) is 9.86. The average molecular weight is 406 g/mol. The molecule has 0 atom stereocenters. The summed E-state index contributed by atoms with van der Waals surface area (Å²) in [6.07, 6.45) is 0. The number of aryl methyl sites for hydroxylation is 1. The van der Waals surface area contributed by atoms with Gasteiger partial charge in [0, 0.05) is 28.4 Å². The third-order valence-electron chi connectivity index (χ3n) is 4.98. The van der Waals surface area contributed by atoms with Crippen molar-refractivity contribution in [2.24, 2.45) is 0 Å². The van der Waals surface area contributed by atoms with Gasteiger partial charge in [-0.05, 0) is 47.5 Å². The summed E-state index contributed by atoms with van der Waals surface area (Å²) in [5.74, 6) is 0.472. The number of ether oxygens (including phenoxy) is 1. The molecule has 0 spiro atoms.